The van der Waals surface area contributed by atoms with Gasteiger partial charge in [0.15, 0.2) is 11.2 Å². The van der Waals surface area contributed by atoms with Crippen LogP contribution < -0.4 is 21.4 Å². The molecule has 12 nitrogen and oxygen atoms in total. The number of aldehydes is 1. The maximum atomic E-state index is 14.5. The number of nitrogens with zero attached hydrogens (tertiary/aromatic N) is 2. The summed E-state index contributed by atoms with van der Waals surface area (Å²) < 4.78 is 20.0. The maximum Gasteiger partial charge on any atom is 0.340 e. The number of aromatic nitrogens is 1. The number of benzene rings is 1. The number of fused-ring (bicyclic) bond motifs is 6. The molecular weight excluding hydrogens is 801 g/mol. The number of carbonyl (C=O) groups is 3. The van der Waals surface area contributed by atoms with Crippen LogP contribution in [-0.4, -0.2) is 87.6 Å². The zero-order valence-corrected chi connectivity index (χ0v) is 36.3. The van der Waals surface area contributed by atoms with E-state index in [1.165, 1.54) is 0 Å². The number of aliphatic hydroxyl groups is 1. The van der Waals surface area contributed by atoms with E-state index in [9.17, 15) is 24.3 Å². The average Bonchev–Trinajstić information content (AvgIpc) is 3.84. The van der Waals surface area contributed by atoms with E-state index < -0.39 is 34.1 Å². The Hall–Kier alpha value is -4.11. The summed E-state index contributed by atoms with van der Waals surface area (Å²) in [6.07, 6.45) is 12.2. The van der Waals surface area contributed by atoms with Crippen molar-refractivity contribution in [3.8, 4) is 5.75 Å². The number of carbonyl (C=O) groups excluding carboxylic acids is 3. The molecule has 1 aromatic carbocycles. The van der Waals surface area contributed by atoms with Crippen molar-refractivity contribution in [2.75, 3.05) is 31.7 Å². The Morgan fingerprint density at radius 2 is 1.98 bits per heavy atom. The number of ether oxygens (including phenoxy) is 2. The number of rotatable bonds is 7. The normalized spacial score (nSPS) is 32.0. The van der Waals surface area contributed by atoms with E-state index in [0.717, 1.165) is 59.6 Å². The number of esters is 1. The molecule has 318 valence electrons. The highest BCUT2D eigenvalue weighted by atomic mass is 33.1. The van der Waals surface area contributed by atoms with Gasteiger partial charge in [-0.2, -0.15) is 0 Å². The van der Waals surface area contributed by atoms with Crippen molar-refractivity contribution in [1.82, 2.24) is 15.2 Å². The number of hydrogen-bond donors (Lipinski definition) is 3. The smallest absolute Gasteiger partial charge is 0.340 e. The summed E-state index contributed by atoms with van der Waals surface area (Å²) in [5, 5.41) is 14.3. The van der Waals surface area contributed by atoms with Crippen LogP contribution in [0.3, 0.4) is 0 Å². The Balaban J connectivity index is 1.18. The zero-order chi connectivity index (χ0) is 42.1. The predicted molar refractivity (Wildman–Crippen MR) is 233 cm³/mol. The number of nitrogens with two attached hydrogens (primary N) is 1. The Labute approximate surface area is 357 Å². The lowest BCUT2D eigenvalue weighted by Gasteiger charge is -2.58. The van der Waals surface area contributed by atoms with Gasteiger partial charge in [-0.3, -0.25) is 4.79 Å². The fourth-order valence-electron chi connectivity index (χ4n) is 11.6. The minimum atomic E-state index is -1.23. The van der Waals surface area contributed by atoms with Crippen LogP contribution in [-0.2, 0) is 37.4 Å². The van der Waals surface area contributed by atoms with Gasteiger partial charge in [0.1, 0.15) is 23.4 Å². The monoisotopic (exact) mass is 854 g/mol. The van der Waals surface area contributed by atoms with E-state index in [1.54, 1.807) is 53.8 Å². The van der Waals surface area contributed by atoms with Crippen molar-refractivity contribution in [3.05, 3.63) is 86.4 Å². The van der Waals surface area contributed by atoms with E-state index in [4.69, 9.17) is 19.6 Å². The molecule has 5 heterocycles. The Bertz CT molecular complexity index is 2370. The minimum Gasteiger partial charge on any atom is -0.481 e. The molecule has 8 atom stereocenters. The summed E-state index contributed by atoms with van der Waals surface area (Å²) >= 11 is 0. The highest BCUT2D eigenvalue weighted by Crippen LogP contribution is 2.59. The number of anilines is 1. The van der Waals surface area contributed by atoms with Gasteiger partial charge in [-0.1, -0.05) is 52.2 Å². The third-order valence-corrected chi connectivity index (χ3v) is 17.7. The van der Waals surface area contributed by atoms with E-state index in [1.807, 2.05) is 37.1 Å². The van der Waals surface area contributed by atoms with Crippen LogP contribution in [0.5, 0.6) is 5.75 Å². The van der Waals surface area contributed by atoms with Crippen LogP contribution in [0.15, 0.2) is 63.0 Å². The first-order valence-electron chi connectivity index (χ1n) is 21.3. The summed E-state index contributed by atoms with van der Waals surface area (Å²) in [7, 11) is 5.37. The van der Waals surface area contributed by atoms with Crippen LogP contribution in [0.25, 0.3) is 11.0 Å². The highest BCUT2D eigenvalue weighted by Gasteiger charge is 2.64. The fraction of sp³-hybridized carbons (Fsp3) is 0.543. The molecule has 1 amide bonds. The lowest BCUT2D eigenvalue weighted by molar-refractivity contribution is -0.183. The first-order chi connectivity index (χ1) is 28.9. The van der Waals surface area contributed by atoms with Crippen molar-refractivity contribution in [3.63, 3.8) is 0 Å². The number of allylic oxidation sites excluding steroid dienone is 1. The van der Waals surface area contributed by atoms with Crippen LogP contribution in [0, 0.1) is 11.8 Å². The van der Waals surface area contributed by atoms with Crippen LogP contribution >= 0.6 is 21.6 Å². The van der Waals surface area contributed by atoms with Gasteiger partial charge in [0, 0.05) is 89.1 Å². The van der Waals surface area contributed by atoms with Gasteiger partial charge in [-0.05, 0) is 88.4 Å². The number of pyridine rings is 1. The molecule has 3 aliphatic heterocycles. The molecule has 60 heavy (non-hydrogen) atoms. The maximum absolute atomic E-state index is 14.5. The summed E-state index contributed by atoms with van der Waals surface area (Å²) in [5.74, 6) is 0.453. The Kier molecular flexibility index (Phi) is 10.8. The number of nitrogens with one attached hydrogen (secondary N) is 1. The molecule has 2 saturated carbocycles. The first-order valence-corrected chi connectivity index (χ1v) is 23.7. The Morgan fingerprint density at radius 3 is 2.72 bits per heavy atom. The van der Waals surface area contributed by atoms with Crippen molar-refractivity contribution < 1.29 is 33.4 Å². The highest BCUT2D eigenvalue weighted by molar-refractivity contribution is 8.77. The van der Waals surface area contributed by atoms with Gasteiger partial charge in [0.25, 0.3) is 0 Å². The number of amides is 1. The lowest BCUT2D eigenvalue weighted by atomic mass is 9.61. The second kappa shape index (κ2) is 15.7. The molecule has 0 bridgehead atoms. The number of hydrogen-bond acceptors (Lipinski definition) is 13. The van der Waals surface area contributed by atoms with Gasteiger partial charge in [0.2, 0.25) is 5.91 Å². The molecule has 0 unspecified atom stereocenters. The van der Waals surface area contributed by atoms with Crippen molar-refractivity contribution in [2.24, 2.45) is 11.8 Å². The van der Waals surface area contributed by atoms with E-state index in [2.05, 4.69) is 16.4 Å². The van der Waals surface area contributed by atoms with Gasteiger partial charge < -0.3 is 39.7 Å². The SMILES string of the molecule is C/C=C(\C)C(=O)O[C@]1(C)CC=C2CSS[C@@H]3C[C@H](C=O)[C@@H](NC)[C@H]4CN(C(=O)Cc5cnc(N)cc5[C@@H]2[C@]12Cc1cc5cc(C6(CCO)CCCC6)c(=O)oc5cc1O2)[C@H]43. The van der Waals surface area contributed by atoms with E-state index in [-0.39, 0.29) is 48.1 Å². The van der Waals surface area contributed by atoms with Crippen LogP contribution in [0.1, 0.15) is 93.9 Å². The summed E-state index contributed by atoms with van der Waals surface area (Å²) in [6, 6.07) is 7.62. The largest absolute Gasteiger partial charge is 0.481 e. The third kappa shape index (κ3) is 6.53. The summed E-state index contributed by atoms with van der Waals surface area (Å²) in [4.78, 5) is 60.9. The first kappa shape index (κ1) is 41.3. The molecule has 0 radical (unpaired) electrons. The van der Waals surface area contributed by atoms with E-state index in [0.29, 0.717) is 66.3 Å². The molecule has 1 spiro atoms. The van der Waals surface area contributed by atoms with Gasteiger partial charge in [-0.15, -0.1) is 0 Å². The van der Waals surface area contributed by atoms with Crippen LogP contribution in [0.2, 0.25) is 0 Å². The van der Waals surface area contributed by atoms with Crippen LogP contribution in [0.4, 0.5) is 5.82 Å². The molecule has 4 N–H and O–H groups in total. The summed E-state index contributed by atoms with van der Waals surface area (Å²) in [5.41, 5.74) is 8.14. The standard InChI is InChI=1S/C46H54N4O8S2/c1-5-25(2)42(54)58-44(3)11-8-26-24-59-60-36-16-30(23-52)40(48-4)32-22-50(41(32)36)38(53)17-29-21-49-37(47)18-31(29)39(26)46(44)20-28-14-27-15-33(45(12-13-51)9-6-7-10-45)43(55)56-34(27)19-35(28)57-46/h5,8,14-15,18-19,21,23,30,32,36,39-41,48,51H,6-7,9-13,16-17,20,22,24H2,1-4H3,(H2,47,49)/b25-5+/t30-,32-,36-,39-,40-,41-,44-,46-/m1/s1. The molecule has 14 heteroatoms. The molecule has 3 fully saturated rings. The van der Waals surface area contributed by atoms with Crippen molar-refractivity contribution >= 4 is 56.5 Å². The predicted octanol–water partition coefficient (Wildman–Crippen LogP) is 5.96. The van der Waals surface area contributed by atoms with Gasteiger partial charge >= 0.3 is 11.6 Å². The number of nitrogen functional groups attached to an aromatic ring is 1. The fourth-order valence-corrected chi connectivity index (χ4v) is 14.7. The molecule has 9 rings (SSSR count). The molecule has 6 aliphatic rings. The second-order valence-electron chi connectivity index (χ2n) is 18.0. The molecule has 3 aliphatic carbocycles. The molecule has 2 aromatic heterocycles. The van der Waals surface area contributed by atoms with Crippen molar-refractivity contribution in [1.29, 1.82) is 0 Å². The second-order valence-corrected chi connectivity index (χ2v) is 20.6. The van der Waals surface area contributed by atoms with E-state index >= 15 is 0 Å². The lowest BCUT2D eigenvalue weighted by Crippen LogP contribution is -2.72. The van der Waals surface area contributed by atoms with Gasteiger partial charge in [0.05, 0.1) is 18.4 Å². The van der Waals surface area contributed by atoms with Gasteiger partial charge in [-0.25, -0.2) is 14.6 Å². The molecular formula is C46H54N4O8S2. The molecule has 3 aromatic rings. The third-order valence-electron chi connectivity index (χ3n) is 14.9. The summed E-state index contributed by atoms with van der Waals surface area (Å²) in [6.45, 7) is 6.02. The van der Waals surface area contributed by atoms with Crippen molar-refractivity contribution in [2.45, 2.75) is 118 Å². The average molecular weight is 855 g/mol. The zero-order valence-electron chi connectivity index (χ0n) is 34.7. The number of aliphatic hydroxyl groups excluding tert-OH is 1. The quantitative estimate of drug-likeness (QED) is 0.0635. The molecule has 1 saturated heterocycles. The Morgan fingerprint density at radius 1 is 1.18 bits per heavy atom. The topological polar surface area (TPSA) is 174 Å². The minimum absolute atomic E-state index is 0.00265.